The van der Waals surface area contributed by atoms with E-state index in [1.165, 1.54) is 25.9 Å². The van der Waals surface area contributed by atoms with Crippen LogP contribution in [0, 0.1) is 5.92 Å². The first-order valence-corrected chi connectivity index (χ1v) is 6.69. The first-order valence-electron chi connectivity index (χ1n) is 6.69. The van der Waals surface area contributed by atoms with Crippen LogP contribution in [-0.2, 0) is 4.74 Å². The van der Waals surface area contributed by atoms with Crippen molar-refractivity contribution in [3.8, 4) is 0 Å². The molecule has 0 aromatic heterocycles. The molecule has 2 aliphatic heterocycles. The second-order valence-electron chi connectivity index (χ2n) is 5.65. The molecule has 0 aliphatic carbocycles. The van der Waals surface area contributed by atoms with Crippen molar-refractivity contribution in [3.63, 3.8) is 0 Å². The van der Waals surface area contributed by atoms with E-state index in [1.807, 2.05) is 0 Å². The summed E-state index contributed by atoms with van der Waals surface area (Å²) in [6, 6.07) is 1.39. The number of morpholine rings is 1. The van der Waals surface area contributed by atoms with Gasteiger partial charge in [0, 0.05) is 31.7 Å². The number of rotatable bonds is 2. The van der Waals surface area contributed by atoms with Crippen molar-refractivity contribution in [3.05, 3.63) is 0 Å². The molecule has 0 saturated carbocycles. The minimum absolute atomic E-state index is 0.610. The summed E-state index contributed by atoms with van der Waals surface area (Å²) in [6.45, 7) is 10.1. The lowest BCUT2D eigenvalue weighted by Crippen LogP contribution is -2.49. The minimum Gasteiger partial charge on any atom is -0.379 e. The van der Waals surface area contributed by atoms with Crippen LogP contribution in [0.1, 0.15) is 26.7 Å². The number of ether oxygens (including phenoxy) is 1. The van der Waals surface area contributed by atoms with Crippen LogP contribution in [0.25, 0.3) is 0 Å². The zero-order valence-electron chi connectivity index (χ0n) is 11.0. The van der Waals surface area contributed by atoms with Gasteiger partial charge in [-0.2, -0.15) is 0 Å². The molecule has 16 heavy (non-hydrogen) atoms. The molecule has 2 heterocycles. The van der Waals surface area contributed by atoms with E-state index in [4.69, 9.17) is 4.74 Å². The third-order valence-electron chi connectivity index (χ3n) is 4.29. The third kappa shape index (κ3) is 2.96. The topological polar surface area (TPSA) is 15.7 Å². The number of nitrogens with zero attached hydrogens (tertiary/aromatic N) is 2. The molecule has 3 heteroatoms. The second kappa shape index (κ2) is 5.48. The number of hydrogen-bond donors (Lipinski definition) is 0. The first-order chi connectivity index (χ1) is 7.66. The van der Waals surface area contributed by atoms with Crippen LogP contribution in [-0.4, -0.2) is 61.8 Å². The summed E-state index contributed by atoms with van der Waals surface area (Å²) in [5.41, 5.74) is 0. The fraction of sp³-hybridized carbons (Fsp3) is 1.00. The van der Waals surface area contributed by atoms with E-state index in [0.29, 0.717) is 6.04 Å². The molecular weight excluding hydrogens is 200 g/mol. The lowest BCUT2D eigenvalue weighted by molar-refractivity contribution is -0.0143. The Kier molecular flexibility index (Phi) is 4.22. The Morgan fingerprint density at radius 3 is 2.69 bits per heavy atom. The highest BCUT2D eigenvalue weighted by atomic mass is 16.5. The SMILES string of the molecule is C[C@@H]1CC[C@@H](CN2CCOC[C@H]2C)CN1C. The van der Waals surface area contributed by atoms with E-state index in [9.17, 15) is 0 Å². The van der Waals surface area contributed by atoms with Crippen LogP contribution in [0.2, 0.25) is 0 Å². The van der Waals surface area contributed by atoms with Crippen LogP contribution < -0.4 is 0 Å². The van der Waals surface area contributed by atoms with E-state index in [0.717, 1.165) is 31.7 Å². The standard InChI is InChI=1S/C13H26N2O/c1-11-4-5-13(8-14(11)3)9-15-6-7-16-10-12(15)2/h11-13H,4-10H2,1-3H3/t11-,12-,13-/m1/s1. The molecule has 0 bridgehead atoms. The van der Waals surface area contributed by atoms with E-state index >= 15 is 0 Å². The zero-order chi connectivity index (χ0) is 11.5. The number of piperidine rings is 1. The third-order valence-corrected chi connectivity index (χ3v) is 4.29. The van der Waals surface area contributed by atoms with E-state index in [2.05, 4.69) is 30.7 Å². The molecular formula is C13H26N2O. The van der Waals surface area contributed by atoms with Gasteiger partial charge in [0.05, 0.1) is 13.2 Å². The van der Waals surface area contributed by atoms with Gasteiger partial charge in [-0.1, -0.05) is 0 Å². The summed E-state index contributed by atoms with van der Waals surface area (Å²) in [5.74, 6) is 0.863. The van der Waals surface area contributed by atoms with Crippen molar-refractivity contribution in [1.82, 2.24) is 9.80 Å². The highest BCUT2D eigenvalue weighted by molar-refractivity contribution is 4.81. The number of likely N-dealkylation sites (tertiary alicyclic amines) is 1. The van der Waals surface area contributed by atoms with Gasteiger partial charge in [0.2, 0.25) is 0 Å². The van der Waals surface area contributed by atoms with E-state index < -0.39 is 0 Å². The van der Waals surface area contributed by atoms with E-state index in [-0.39, 0.29) is 0 Å². The Morgan fingerprint density at radius 2 is 2.00 bits per heavy atom. The van der Waals surface area contributed by atoms with Gasteiger partial charge in [0.1, 0.15) is 0 Å². The molecule has 2 saturated heterocycles. The molecule has 0 radical (unpaired) electrons. The first kappa shape index (κ1) is 12.3. The van der Waals surface area contributed by atoms with Crippen molar-refractivity contribution in [2.45, 2.75) is 38.8 Å². The van der Waals surface area contributed by atoms with Crippen LogP contribution in [0.4, 0.5) is 0 Å². The summed E-state index contributed by atoms with van der Waals surface area (Å²) in [6.07, 6.45) is 2.76. The molecule has 94 valence electrons. The molecule has 2 fully saturated rings. The van der Waals surface area contributed by atoms with Gasteiger partial charge in [-0.15, -0.1) is 0 Å². The summed E-state index contributed by atoms with van der Waals surface area (Å²) in [7, 11) is 2.26. The number of hydrogen-bond acceptors (Lipinski definition) is 3. The lowest BCUT2D eigenvalue weighted by atomic mass is 9.93. The summed E-state index contributed by atoms with van der Waals surface area (Å²) in [5, 5.41) is 0. The highest BCUT2D eigenvalue weighted by Gasteiger charge is 2.27. The lowest BCUT2D eigenvalue weighted by Gasteiger charge is -2.40. The quantitative estimate of drug-likeness (QED) is 0.708. The van der Waals surface area contributed by atoms with Gasteiger partial charge in [0.15, 0.2) is 0 Å². The molecule has 2 aliphatic rings. The fourth-order valence-corrected chi connectivity index (χ4v) is 2.89. The smallest absolute Gasteiger partial charge is 0.0619 e. The summed E-state index contributed by atoms with van der Waals surface area (Å²) in [4.78, 5) is 5.12. The average Bonchev–Trinajstić information content (AvgIpc) is 2.27. The molecule has 0 aromatic carbocycles. The molecule has 0 unspecified atom stereocenters. The fourth-order valence-electron chi connectivity index (χ4n) is 2.89. The molecule has 2 rings (SSSR count). The Bertz CT molecular complexity index is 222. The van der Waals surface area contributed by atoms with Crippen molar-refractivity contribution in [1.29, 1.82) is 0 Å². The Hall–Kier alpha value is -0.120. The van der Waals surface area contributed by atoms with Crippen molar-refractivity contribution in [2.24, 2.45) is 5.92 Å². The predicted octanol–water partition coefficient (Wildman–Crippen LogP) is 1.44. The maximum Gasteiger partial charge on any atom is 0.0619 e. The van der Waals surface area contributed by atoms with Crippen LogP contribution in [0.5, 0.6) is 0 Å². The van der Waals surface area contributed by atoms with Crippen molar-refractivity contribution in [2.75, 3.05) is 39.9 Å². The normalized spacial score (nSPS) is 38.8. The van der Waals surface area contributed by atoms with Crippen molar-refractivity contribution < 1.29 is 4.74 Å². The minimum atomic E-state index is 0.610. The van der Waals surface area contributed by atoms with Gasteiger partial charge < -0.3 is 9.64 Å². The molecule has 0 aromatic rings. The molecule has 0 amide bonds. The maximum absolute atomic E-state index is 5.49. The van der Waals surface area contributed by atoms with Gasteiger partial charge in [-0.05, 0) is 39.7 Å². The average molecular weight is 226 g/mol. The van der Waals surface area contributed by atoms with Crippen LogP contribution >= 0.6 is 0 Å². The molecule has 3 atom stereocenters. The van der Waals surface area contributed by atoms with Gasteiger partial charge in [-0.25, -0.2) is 0 Å². The predicted molar refractivity (Wildman–Crippen MR) is 66.7 cm³/mol. The van der Waals surface area contributed by atoms with Crippen molar-refractivity contribution >= 4 is 0 Å². The molecule has 0 N–H and O–H groups in total. The molecule has 0 spiro atoms. The summed E-state index contributed by atoms with van der Waals surface area (Å²) >= 11 is 0. The zero-order valence-corrected chi connectivity index (χ0v) is 11.0. The van der Waals surface area contributed by atoms with Crippen LogP contribution in [0.15, 0.2) is 0 Å². The van der Waals surface area contributed by atoms with Gasteiger partial charge in [-0.3, -0.25) is 4.90 Å². The maximum atomic E-state index is 5.49. The van der Waals surface area contributed by atoms with Gasteiger partial charge in [0.25, 0.3) is 0 Å². The largest absolute Gasteiger partial charge is 0.379 e. The Balaban J connectivity index is 1.80. The van der Waals surface area contributed by atoms with Crippen LogP contribution in [0.3, 0.4) is 0 Å². The Labute approximate surface area is 99.7 Å². The summed E-state index contributed by atoms with van der Waals surface area (Å²) < 4.78 is 5.49. The second-order valence-corrected chi connectivity index (χ2v) is 5.65. The highest BCUT2D eigenvalue weighted by Crippen LogP contribution is 2.22. The van der Waals surface area contributed by atoms with Gasteiger partial charge >= 0.3 is 0 Å². The molecule has 3 nitrogen and oxygen atoms in total. The van der Waals surface area contributed by atoms with E-state index in [1.54, 1.807) is 0 Å². The Morgan fingerprint density at radius 1 is 1.19 bits per heavy atom. The monoisotopic (exact) mass is 226 g/mol.